The van der Waals surface area contributed by atoms with Crippen LogP contribution in [0.25, 0.3) is 0 Å². The highest BCUT2D eigenvalue weighted by atomic mass is 19.1. The molecular weight excluding hydrogens is 407 g/mol. The SMILES string of the molecule is CC(C)n1cnc(C2CN(C(=O)c3cccc(F)c3)CC23CCCN(CC2CC2)C3=O)c1. The normalized spacial score (nSPS) is 25.9. The van der Waals surface area contributed by atoms with Gasteiger partial charge in [0.25, 0.3) is 5.91 Å². The molecule has 1 aliphatic carbocycles. The minimum absolute atomic E-state index is 0.158. The maximum absolute atomic E-state index is 13.9. The van der Waals surface area contributed by atoms with Crippen molar-refractivity contribution in [3.05, 3.63) is 53.9 Å². The van der Waals surface area contributed by atoms with Crippen LogP contribution < -0.4 is 0 Å². The number of aromatic nitrogens is 2. The Morgan fingerprint density at radius 1 is 1.31 bits per heavy atom. The third-order valence-corrected chi connectivity index (χ3v) is 7.42. The van der Waals surface area contributed by atoms with Gasteiger partial charge in [-0.15, -0.1) is 0 Å². The van der Waals surface area contributed by atoms with Crippen molar-refractivity contribution >= 4 is 11.8 Å². The first kappa shape index (κ1) is 21.2. The highest BCUT2D eigenvalue weighted by Crippen LogP contribution is 2.50. The van der Waals surface area contributed by atoms with Crippen LogP contribution in [0.2, 0.25) is 0 Å². The van der Waals surface area contributed by atoms with Gasteiger partial charge in [0, 0.05) is 49.9 Å². The van der Waals surface area contributed by atoms with Crippen molar-refractivity contribution in [3.8, 4) is 0 Å². The van der Waals surface area contributed by atoms with Crippen molar-refractivity contribution in [2.45, 2.75) is 51.5 Å². The fourth-order valence-corrected chi connectivity index (χ4v) is 5.43. The van der Waals surface area contributed by atoms with E-state index in [1.807, 2.05) is 17.4 Å². The highest BCUT2D eigenvalue weighted by molar-refractivity contribution is 5.96. The Morgan fingerprint density at radius 2 is 2.12 bits per heavy atom. The summed E-state index contributed by atoms with van der Waals surface area (Å²) < 4.78 is 15.8. The van der Waals surface area contributed by atoms with Crippen LogP contribution in [0.5, 0.6) is 0 Å². The first-order valence-electron chi connectivity index (χ1n) is 11.7. The van der Waals surface area contributed by atoms with Gasteiger partial charge in [0.1, 0.15) is 5.82 Å². The number of halogens is 1. The van der Waals surface area contributed by atoms with Crippen LogP contribution >= 0.6 is 0 Å². The molecule has 2 unspecified atom stereocenters. The van der Waals surface area contributed by atoms with Crippen molar-refractivity contribution < 1.29 is 14.0 Å². The van der Waals surface area contributed by atoms with E-state index in [1.54, 1.807) is 17.0 Å². The summed E-state index contributed by atoms with van der Waals surface area (Å²) in [5.41, 5.74) is 0.535. The van der Waals surface area contributed by atoms with Crippen LogP contribution in [0.15, 0.2) is 36.8 Å². The minimum Gasteiger partial charge on any atom is -0.342 e. The van der Waals surface area contributed by atoms with Crippen LogP contribution in [-0.2, 0) is 4.79 Å². The lowest BCUT2D eigenvalue weighted by molar-refractivity contribution is -0.146. The molecule has 2 saturated heterocycles. The van der Waals surface area contributed by atoms with E-state index < -0.39 is 11.2 Å². The molecule has 1 aromatic heterocycles. The highest BCUT2D eigenvalue weighted by Gasteiger charge is 2.57. The molecule has 0 N–H and O–H groups in total. The molecule has 2 aromatic rings. The number of likely N-dealkylation sites (tertiary alicyclic amines) is 2. The van der Waals surface area contributed by atoms with E-state index in [0.29, 0.717) is 24.6 Å². The Labute approximate surface area is 188 Å². The van der Waals surface area contributed by atoms with E-state index in [-0.39, 0.29) is 23.8 Å². The summed E-state index contributed by atoms with van der Waals surface area (Å²) in [7, 11) is 0. The largest absolute Gasteiger partial charge is 0.342 e. The van der Waals surface area contributed by atoms with Gasteiger partial charge in [-0.3, -0.25) is 9.59 Å². The number of carbonyl (C=O) groups excluding carboxylic acids is 2. The average molecular weight is 439 g/mol. The summed E-state index contributed by atoms with van der Waals surface area (Å²) in [5.74, 6) is -0.0222. The van der Waals surface area contributed by atoms with Crippen LogP contribution in [0.4, 0.5) is 4.39 Å². The molecule has 2 aliphatic heterocycles. The van der Waals surface area contributed by atoms with Crippen molar-refractivity contribution in [1.82, 2.24) is 19.4 Å². The number of benzene rings is 1. The molecule has 1 spiro atoms. The van der Waals surface area contributed by atoms with Gasteiger partial charge in [-0.25, -0.2) is 9.37 Å². The quantitative estimate of drug-likeness (QED) is 0.712. The predicted molar refractivity (Wildman–Crippen MR) is 119 cm³/mol. The fraction of sp³-hybridized carbons (Fsp3) is 0.560. The predicted octanol–water partition coefficient (Wildman–Crippen LogP) is 3.86. The molecule has 170 valence electrons. The maximum atomic E-state index is 13.9. The summed E-state index contributed by atoms with van der Waals surface area (Å²) >= 11 is 0. The molecule has 0 radical (unpaired) electrons. The molecule has 32 heavy (non-hydrogen) atoms. The van der Waals surface area contributed by atoms with Gasteiger partial charge >= 0.3 is 0 Å². The molecule has 6 nitrogen and oxygen atoms in total. The number of amides is 2. The van der Waals surface area contributed by atoms with E-state index in [9.17, 15) is 14.0 Å². The average Bonchev–Trinajstić information content (AvgIpc) is 3.31. The standard InChI is InChI=1S/C25H31FN4O2/c1-17(2)30-14-22(27-16-30)21-13-29(23(31)19-5-3-6-20(26)11-19)15-25(21)9-4-10-28(24(25)32)12-18-7-8-18/h3,5-6,11,14,16-18,21H,4,7-10,12-13,15H2,1-2H3. The van der Waals surface area contributed by atoms with Gasteiger partial charge < -0.3 is 14.4 Å². The van der Waals surface area contributed by atoms with Crippen LogP contribution in [0.3, 0.4) is 0 Å². The molecule has 5 rings (SSSR count). The van der Waals surface area contributed by atoms with Crippen molar-refractivity contribution in [2.75, 3.05) is 26.2 Å². The molecular formula is C25H31FN4O2. The summed E-state index contributed by atoms with van der Waals surface area (Å²) in [6, 6.07) is 6.08. The zero-order valence-corrected chi connectivity index (χ0v) is 18.8. The van der Waals surface area contributed by atoms with Gasteiger partial charge in [0.15, 0.2) is 0 Å². The Bertz CT molecular complexity index is 1030. The van der Waals surface area contributed by atoms with Gasteiger partial charge in [-0.2, -0.15) is 0 Å². The van der Waals surface area contributed by atoms with Gasteiger partial charge in [-0.05, 0) is 63.6 Å². The molecule has 3 heterocycles. The van der Waals surface area contributed by atoms with E-state index in [2.05, 4.69) is 23.4 Å². The number of carbonyl (C=O) groups is 2. The van der Waals surface area contributed by atoms with E-state index >= 15 is 0 Å². The van der Waals surface area contributed by atoms with E-state index in [0.717, 1.165) is 31.6 Å². The second kappa shape index (κ2) is 8.01. The molecule has 7 heteroatoms. The lowest BCUT2D eigenvalue weighted by atomic mass is 9.70. The van der Waals surface area contributed by atoms with E-state index in [1.165, 1.54) is 25.0 Å². The van der Waals surface area contributed by atoms with Crippen molar-refractivity contribution in [1.29, 1.82) is 0 Å². The Morgan fingerprint density at radius 3 is 2.81 bits per heavy atom. The van der Waals surface area contributed by atoms with Gasteiger partial charge in [0.05, 0.1) is 17.4 Å². The third kappa shape index (κ3) is 3.71. The topological polar surface area (TPSA) is 58.4 Å². The Kier molecular flexibility index (Phi) is 5.30. The van der Waals surface area contributed by atoms with Gasteiger partial charge in [0.2, 0.25) is 5.91 Å². The molecule has 2 atom stereocenters. The number of imidazole rings is 1. The van der Waals surface area contributed by atoms with Crippen LogP contribution in [0.1, 0.15) is 67.5 Å². The molecule has 3 fully saturated rings. The lowest BCUT2D eigenvalue weighted by Gasteiger charge is -2.42. The first-order valence-corrected chi connectivity index (χ1v) is 11.7. The monoisotopic (exact) mass is 438 g/mol. The number of rotatable bonds is 5. The smallest absolute Gasteiger partial charge is 0.254 e. The number of hydrogen-bond acceptors (Lipinski definition) is 3. The Hall–Kier alpha value is -2.70. The second-order valence-electron chi connectivity index (χ2n) is 10.0. The Balaban J connectivity index is 1.49. The molecule has 2 amide bonds. The lowest BCUT2D eigenvalue weighted by Crippen LogP contribution is -2.52. The molecule has 1 saturated carbocycles. The van der Waals surface area contributed by atoms with Crippen molar-refractivity contribution in [3.63, 3.8) is 0 Å². The first-order chi connectivity index (χ1) is 15.4. The van der Waals surface area contributed by atoms with Crippen LogP contribution in [0, 0.1) is 17.2 Å². The molecule has 0 bridgehead atoms. The zero-order valence-electron chi connectivity index (χ0n) is 18.8. The number of piperidine rings is 1. The summed E-state index contributed by atoms with van der Waals surface area (Å²) in [6.45, 7) is 6.60. The molecule has 3 aliphatic rings. The van der Waals surface area contributed by atoms with E-state index in [4.69, 9.17) is 0 Å². The van der Waals surface area contributed by atoms with Crippen molar-refractivity contribution in [2.24, 2.45) is 11.3 Å². The van der Waals surface area contributed by atoms with Crippen LogP contribution in [-0.4, -0.2) is 57.3 Å². The summed E-state index contributed by atoms with van der Waals surface area (Å²) in [6.07, 6.45) is 7.92. The summed E-state index contributed by atoms with van der Waals surface area (Å²) in [5, 5.41) is 0. The zero-order chi connectivity index (χ0) is 22.5. The second-order valence-corrected chi connectivity index (χ2v) is 10.0. The third-order valence-electron chi connectivity index (χ3n) is 7.42. The summed E-state index contributed by atoms with van der Waals surface area (Å²) in [4.78, 5) is 35.6. The van der Waals surface area contributed by atoms with Gasteiger partial charge in [-0.1, -0.05) is 6.07 Å². The fourth-order valence-electron chi connectivity index (χ4n) is 5.43. The number of hydrogen-bond donors (Lipinski definition) is 0. The maximum Gasteiger partial charge on any atom is 0.254 e. The minimum atomic E-state index is -0.660. The number of nitrogens with zero attached hydrogens (tertiary/aromatic N) is 4. The molecule has 1 aromatic carbocycles.